The molecule has 2 aliphatic rings. The molecule has 1 N–H and O–H groups in total. The van der Waals surface area contributed by atoms with Crippen molar-refractivity contribution in [1.82, 2.24) is 0 Å². The second kappa shape index (κ2) is 7.10. The van der Waals surface area contributed by atoms with E-state index in [2.05, 4.69) is 19.2 Å². The lowest BCUT2D eigenvalue weighted by molar-refractivity contribution is -0.128. The minimum Gasteiger partial charge on any atom is -0.499 e. The molecule has 2 aliphatic carbocycles. The molecule has 0 heterocycles. The van der Waals surface area contributed by atoms with Gasteiger partial charge in [0.15, 0.2) is 0 Å². The van der Waals surface area contributed by atoms with Gasteiger partial charge in [-0.25, -0.2) is 0 Å². The van der Waals surface area contributed by atoms with Crippen LogP contribution in [0.1, 0.15) is 47.0 Å². The number of carbonyl (C=O) groups is 1. The first-order chi connectivity index (χ1) is 11.3. The molecule has 0 bridgehead atoms. The molecule has 0 radical (unpaired) electrons. The van der Waals surface area contributed by atoms with E-state index in [4.69, 9.17) is 4.74 Å². The van der Waals surface area contributed by atoms with E-state index < -0.39 is 11.5 Å². The summed E-state index contributed by atoms with van der Waals surface area (Å²) in [5.41, 5.74) is 2.64. The zero-order valence-electron chi connectivity index (χ0n) is 15.4. The van der Waals surface area contributed by atoms with Crippen LogP contribution in [0.5, 0.6) is 0 Å². The molecule has 0 unspecified atom stereocenters. The van der Waals surface area contributed by atoms with Gasteiger partial charge in [0.25, 0.3) is 0 Å². The molecule has 0 saturated heterocycles. The fourth-order valence-electron chi connectivity index (χ4n) is 4.12. The molecule has 0 spiro atoms. The van der Waals surface area contributed by atoms with Crippen LogP contribution < -0.4 is 0 Å². The van der Waals surface area contributed by atoms with Crippen molar-refractivity contribution in [3.8, 4) is 0 Å². The lowest BCUT2D eigenvalue weighted by Gasteiger charge is -2.33. The highest BCUT2D eigenvalue weighted by atomic mass is 16.5. The second-order valence-corrected chi connectivity index (χ2v) is 7.31. The van der Waals surface area contributed by atoms with E-state index in [1.807, 2.05) is 27.7 Å². The van der Waals surface area contributed by atoms with Crippen LogP contribution in [0.4, 0.5) is 0 Å². The van der Waals surface area contributed by atoms with Crippen molar-refractivity contribution in [2.75, 3.05) is 6.61 Å². The van der Waals surface area contributed by atoms with Gasteiger partial charge in [-0.1, -0.05) is 23.8 Å². The van der Waals surface area contributed by atoms with Gasteiger partial charge in [-0.05, 0) is 51.7 Å². The summed E-state index contributed by atoms with van der Waals surface area (Å²) in [4.78, 5) is 13.2. The number of ketones is 1. The van der Waals surface area contributed by atoms with E-state index >= 15 is 0 Å². The van der Waals surface area contributed by atoms with Crippen LogP contribution >= 0.6 is 0 Å². The molecule has 0 aromatic heterocycles. The van der Waals surface area contributed by atoms with Gasteiger partial charge in [0.2, 0.25) is 0 Å². The Bertz CT molecular complexity index is 607. The average molecular weight is 330 g/mol. The molecular formula is C21H30O3. The molecule has 132 valence electrons. The Balaban J connectivity index is 2.30. The SMILES string of the molecule is C=C[C@H](O)[C@@H]1CC(OCC)=C[C@@H]2C[C@@]21C(=O)CC(C(=C)C)=C(C)C. The third-order valence-corrected chi connectivity index (χ3v) is 5.49. The topological polar surface area (TPSA) is 46.5 Å². The molecule has 4 atom stereocenters. The first-order valence-electron chi connectivity index (χ1n) is 8.77. The number of fused-ring (bicyclic) bond motifs is 1. The summed E-state index contributed by atoms with van der Waals surface area (Å²) in [5.74, 6) is 1.13. The van der Waals surface area contributed by atoms with Gasteiger partial charge in [-0.2, -0.15) is 0 Å². The Hall–Kier alpha value is -1.61. The number of hydrogen-bond acceptors (Lipinski definition) is 3. The molecule has 0 aliphatic heterocycles. The Morgan fingerprint density at radius 2 is 2.17 bits per heavy atom. The highest BCUT2D eigenvalue weighted by Crippen LogP contribution is 2.65. The van der Waals surface area contributed by atoms with Gasteiger partial charge in [0.1, 0.15) is 5.78 Å². The molecule has 0 aromatic rings. The Kier molecular flexibility index (Phi) is 5.54. The number of Topliss-reactive ketones (excluding diaryl/α,β-unsaturated/α-hetero) is 1. The lowest BCUT2D eigenvalue weighted by Crippen LogP contribution is -2.37. The highest BCUT2D eigenvalue weighted by Gasteiger charge is 2.65. The van der Waals surface area contributed by atoms with Gasteiger partial charge in [0.05, 0.1) is 18.5 Å². The average Bonchev–Trinajstić information content (AvgIpc) is 3.26. The predicted molar refractivity (Wildman–Crippen MR) is 97.4 cm³/mol. The van der Waals surface area contributed by atoms with Crippen LogP contribution in [0.2, 0.25) is 0 Å². The quantitative estimate of drug-likeness (QED) is 0.531. The van der Waals surface area contributed by atoms with Crippen molar-refractivity contribution in [2.24, 2.45) is 17.3 Å². The fraction of sp³-hybridized carbons (Fsp3) is 0.571. The summed E-state index contributed by atoms with van der Waals surface area (Å²) in [5, 5.41) is 10.4. The monoisotopic (exact) mass is 330 g/mol. The predicted octanol–water partition coefficient (Wildman–Crippen LogP) is 4.35. The molecule has 1 fully saturated rings. The molecule has 2 rings (SSSR count). The van der Waals surface area contributed by atoms with Gasteiger partial charge < -0.3 is 9.84 Å². The summed E-state index contributed by atoms with van der Waals surface area (Å²) in [6.07, 6.45) is 4.74. The van der Waals surface area contributed by atoms with E-state index in [1.165, 1.54) is 0 Å². The number of allylic oxidation sites excluding steroid dienone is 5. The molecule has 0 aromatic carbocycles. The van der Waals surface area contributed by atoms with Gasteiger partial charge in [-0.3, -0.25) is 4.79 Å². The number of ether oxygens (including phenoxy) is 1. The van der Waals surface area contributed by atoms with Crippen molar-refractivity contribution in [2.45, 2.75) is 53.1 Å². The zero-order chi connectivity index (χ0) is 18.1. The first kappa shape index (κ1) is 18.7. The number of aliphatic hydroxyl groups excluding tert-OH is 1. The van der Waals surface area contributed by atoms with Crippen LogP contribution in [-0.2, 0) is 9.53 Å². The van der Waals surface area contributed by atoms with Crippen molar-refractivity contribution >= 4 is 5.78 Å². The fourth-order valence-corrected chi connectivity index (χ4v) is 4.12. The van der Waals surface area contributed by atoms with Crippen LogP contribution in [0.15, 0.2) is 47.8 Å². The summed E-state index contributed by atoms with van der Waals surface area (Å²) in [6.45, 7) is 16.3. The summed E-state index contributed by atoms with van der Waals surface area (Å²) >= 11 is 0. The van der Waals surface area contributed by atoms with E-state index in [-0.39, 0.29) is 17.6 Å². The van der Waals surface area contributed by atoms with E-state index in [1.54, 1.807) is 6.08 Å². The van der Waals surface area contributed by atoms with Crippen LogP contribution in [0.25, 0.3) is 0 Å². The largest absolute Gasteiger partial charge is 0.499 e. The molecule has 3 nitrogen and oxygen atoms in total. The van der Waals surface area contributed by atoms with E-state index in [0.717, 1.165) is 28.9 Å². The number of carbonyl (C=O) groups excluding carboxylic acids is 1. The van der Waals surface area contributed by atoms with Crippen LogP contribution in [-0.4, -0.2) is 23.6 Å². The normalized spacial score (nSPS) is 29.0. The van der Waals surface area contributed by atoms with Crippen LogP contribution in [0.3, 0.4) is 0 Å². The van der Waals surface area contributed by atoms with Crippen LogP contribution in [0, 0.1) is 17.3 Å². The smallest absolute Gasteiger partial charge is 0.144 e. The summed E-state index contributed by atoms with van der Waals surface area (Å²) in [7, 11) is 0. The number of hydrogen-bond donors (Lipinski definition) is 1. The van der Waals surface area contributed by atoms with E-state index in [9.17, 15) is 9.90 Å². The minimum absolute atomic E-state index is 0.150. The van der Waals surface area contributed by atoms with Crippen molar-refractivity contribution in [3.63, 3.8) is 0 Å². The maximum atomic E-state index is 13.2. The molecule has 0 amide bonds. The molecule has 1 saturated carbocycles. The van der Waals surface area contributed by atoms with Crippen molar-refractivity contribution in [3.05, 3.63) is 47.8 Å². The molecule has 3 heteroatoms. The Labute approximate surface area is 145 Å². The summed E-state index contributed by atoms with van der Waals surface area (Å²) in [6, 6.07) is 0. The molecule has 24 heavy (non-hydrogen) atoms. The highest BCUT2D eigenvalue weighted by molar-refractivity contribution is 5.91. The summed E-state index contributed by atoms with van der Waals surface area (Å²) < 4.78 is 5.67. The minimum atomic E-state index is -0.692. The number of aliphatic hydroxyl groups is 1. The molecular weight excluding hydrogens is 300 g/mol. The van der Waals surface area contributed by atoms with E-state index in [0.29, 0.717) is 19.4 Å². The van der Waals surface area contributed by atoms with Gasteiger partial charge in [0, 0.05) is 24.2 Å². The lowest BCUT2D eigenvalue weighted by atomic mass is 9.72. The number of rotatable bonds is 8. The Morgan fingerprint density at radius 1 is 1.50 bits per heavy atom. The van der Waals surface area contributed by atoms with Gasteiger partial charge >= 0.3 is 0 Å². The third kappa shape index (κ3) is 3.27. The standard InChI is InChI=1S/C21H30O3/c1-7-19(22)18-10-16(24-8-2)9-15-12-21(15,18)20(23)11-17(13(3)4)14(5)6/h7,9,15,18-19,22H,1,3,8,10-12H2,2,4-6H3/t15-,18+,19+,21-/m1/s1. The Morgan fingerprint density at radius 3 is 2.67 bits per heavy atom. The van der Waals surface area contributed by atoms with Crippen molar-refractivity contribution < 1.29 is 14.6 Å². The second-order valence-electron chi connectivity index (χ2n) is 7.31. The maximum Gasteiger partial charge on any atom is 0.144 e. The van der Waals surface area contributed by atoms with Gasteiger partial charge in [-0.15, -0.1) is 6.58 Å². The third-order valence-electron chi connectivity index (χ3n) is 5.49. The zero-order valence-corrected chi connectivity index (χ0v) is 15.4. The first-order valence-corrected chi connectivity index (χ1v) is 8.77. The maximum absolute atomic E-state index is 13.2. The van der Waals surface area contributed by atoms with Crippen molar-refractivity contribution in [1.29, 1.82) is 0 Å².